The lowest BCUT2D eigenvalue weighted by molar-refractivity contribution is -0.463. The molecule has 0 N–H and O–H groups in total. The summed E-state index contributed by atoms with van der Waals surface area (Å²) < 4.78 is 246. The van der Waals surface area contributed by atoms with Crippen molar-refractivity contribution < 1.29 is 88.5 Å². The maximum absolute atomic E-state index is 13.3. The summed E-state index contributed by atoms with van der Waals surface area (Å²) in [6, 6.07) is 4.67. The van der Waals surface area contributed by atoms with Gasteiger partial charge in [-0.2, -0.15) is 79.0 Å². The fraction of sp³-hybridized carbons (Fsp3) is 0.778. The number of hydrogen-bond donors (Lipinski definition) is 0. The van der Waals surface area contributed by atoms with Crippen molar-refractivity contribution in [2.45, 2.75) is 113 Å². The summed E-state index contributed by atoms with van der Waals surface area (Å²) in [5.74, 6) is -2.78. The molecular formula is C27H30F18O2. The number of aryl methyl sites for hydroxylation is 1. The van der Waals surface area contributed by atoms with Crippen LogP contribution in [0.2, 0.25) is 0 Å². The van der Waals surface area contributed by atoms with Gasteiger partial charge in [0, 0.05) is 5.92 Å². The molecule has 0 unspecified atom stereocenters. The lowest BCUT2D eigenvalue weighted by Gasteiger charge is -2.40. The summed E-state index contributed by atoms with van der Waals surface area (Å²) in [7, 11) is 0. The van der Waals surface area contributed by atoms with Gasteiger partial charge in [0.1, 0.15) is 0 Å². The minimum Gasteiger partial charge on any atom is -0.351 e. The van der Waals surface area contributed by atoms with E-state index in [9.17, 15) is 79.0 Å². The summed E-state index contributed by atoms with van der Waals surface area (Å²) in [5, 5.41) is 0. The Labute approximate surface area is 256 Å². The number of ether oxygens (including phenoxy) is 2. The number of benzene rings is 1. The van der Waals surface area contributed by atoms with Crippen molar-refractivity contribution in [2.24, 2.45) is 5.92 Å². The predicted octanol–water partition coefficient (Wildman–Crippen LogP) is 11.0. The molecule has 0 aromatic heterocycles. The Balaban J connectivity index is 3.44. The van der Waals surface area contributed by atoms with E-state index in [1.54, 1.807) is 0 Å². The third-order valence-electron chi connectivity index (χ3n) is 7.08. The van der Waals surface area contributed by atoms with E-state index in [0.29, 0.717) is 18.4 Å². The highest BCUT2D eigenvalue weighted by Crippen LogP contribution is 2.56. The smallest absolute Gasteiger partial charge is 0.351 e. The van der Waals surface area contributed by atoms with E-state index in [-0.39, 0.29) is 5.56 Å². The van der Waals surface area contributed by atoms with Crippen LogP contribution in [0.15, 0.2) is 24.3 Å². The minimum atomic E-state index is -7.35. The highest BCUT2D eigenvalue weighted by Gasteiger charge is 2.87. The Morgan fingerprint density at radius 2 is 0.745 bits per heavy atom. The number of hydrogen-bond acceptors (Lipinski definition) is 2. The Morgan fingerprint density at radius 3 is 1.06 bits per heavy atom. The molecule has 0 aliphatic rings. The molecule has 0 spiro atoms. The van der Waals surface area contributed by atoms with Gasteiger partial charge in [-0.1, -0.05) is 69.7 Å². The van der Waals surface area contributed by atoms with Gasteiger partial charge in [-0.25, -0.2) is 0 Å². The van der Waals surface area contributed by atoms with Gasteiger partial charge in [0.15, 0.2) is 0 Å². The molecule has 0 bridgehead atoms. The second-order valence-corrected chi connectivity index (χ2v) is 10.7. The van der Waals surface area contributed by atoms with Crippen LogP contribution in [-0.4, -0.2) is 61.5 Å². The molecule has 1 aromatic carbocycles. The van der Waals surface area contributed by atoms with Crippen molar-refractivity contribution in [3.05, 3.63) is 35.4 Å². The van der Waals surface area contributed by atoms with Gasteiger partial charge in [-0.15, -0.1) is 0 Å². The molecule has 0 heterocycles. The number of halogens is 18. The van der Waals surface area contributed by atoms with Crippen molar-refractivity contribution in [2.75, 3.05) is 13.2 Å². The van der Waals surface area contributed by atoms with Crippen molar-refractivity contribution in [1.82, 2.24) is 0 Å². The zero-order chi connectivity index (χ0) is 36.8. The molecule has 0 aliphatic heterocycles. The SMILES string of the molecule is CCCCCCCCCc1ccc(CC(COC(C(F)(F)F)(C(F)(F)F)C(F)(F)F)COC(C(F)(F)F)(C(F)(F)F)C(F)(F)F)cc1. The Kier molecular flexibility index (Phi) is 14.3. The van der Waals surface area contributed by atoms with E-state index in [1.165, 1.54) is 12.1 Å². The molecule has 0 aliphatic carbocycles. The van der Waals surface area contributed by atoms with Gasteiger partial charge in [0.05, 0.1) is 13.2 Å². The van der Waals surface area contributed by atoms with Crippen molar-refractivity contribution in [1.29, 1.82) is 0 Å². The van der Waals surface area contributed by atoms with Crippen LogP contribution < -0.4 is 0 Å². The largest absolute Gasteiger partial charge is 0.435 e. The van der Waals surface area contributed by atoms with Gasteiger partial charge in [0.25, 0.3) is 0 Å². The fourth-order valence-electron chi connectivity index (χ4n) is 4.57. The standard InChI is InChI=1S/C27H30F18O2/c1-2-3-4-5-6-7-8-9-17-10-12-18(13-11-17)14-19(15-46-20(22(28,29)30,23(31,32)33)24(34,35)36)16-47-21(25(37,38)39,26(40,41)42)27(43,44)45/h10-13,19H,2-9,14-16H2,1H3. The number of unbranched alkanes of at least 4 members (excludes halogenated alkanes) is 6. The zero-order valence-electron chi connectivity index (χ0n) is 24.3. The van der Waals surface area contributed by atoms with Gasteiger partial charge in [-0.3, -0.25) is 0 Å². The van der Waals surface area contributed by atoms with Crippen LogP contribution >= 0.6 is 0 Å². The first-order valence-corrected chi connectivity index (χ1v) is 13.8. The van der Waals surface area contributed by atoms with Gasteiger partial charge in [0.2, 0.25) is 0 Å². The van der Waals surface area contributed by atoms with E-state index in [1.807, 2.05) is 6.92 Å². The first-order valence-electron chi connectivity index (χ1n) is 13.8. The summed E-state index contributed by atoms with van der Waals surface area (Å²) >= 11 is 0. The summed E-state index contributed by atoms with van der Waals surface area (Å²) in [5.41, 5.74) is -13.8. The van der Waals surface area contributed by atoms with Crippen LogP contribution in [0.5, 0.6) is 0 Å². The Hall–Kier alpha value is -2.12. The monoisotopic (exact) mass is 728 g/mol. The molecule has 0 amide bonds. The van der Waals surface area contributed by atoms with E-state index in [4.69, 9.17) is 0 Å². The summed E-state index contributed by atoms with van der Waals surface area (Å²) in [6.07, 6.45) is -38.5. The Morgan fingerprint density at radius 1 is 0.447 bits per heavy atom. The zero-order valence-corrected chi connectivity index (χ0v) is 24.3. The second kappa shape index (κ2) is 15.6. The van der Waals surface area contributed by atoms with Crippen LogP contribution in [0.3, 0.4) is 0 Å². The normalized spacial score (nSPS) is 14.7. The lowest BCUT2D eigenvalue weighted by Crippen LogP contribution is -2.68. The van der Waals surface area contributed by atoms with Crippen molar-refractivity contribution in [3.8, 4) is 0 Å². The molecule has 0 saturated heterocycles. The van der Waals surface area contributed by atoms with Crippen LogP contribution in [-0.2, 0) is 22.3 Å². The quantitative estimate of drug-likeness (QED) is 0.125. The highest BCUT2D eigenvalue weighted by atomic mass is 19.4. The van der Waals surface area contributed by atoms with Gasteiger partial charge >= 0.3 is 48.3 Å². The molecule has 1 aromatic rings. The fourth-order valence-corrected chi connectivity index (χ4v) is 4.57. The second-order valence-electron chi connectivity index (χ2n) is 10.7. The molecule has 0 saturated carbocycles. The van der Waals surface area contributed by atoms with E-state index in [0.717, 1.165) is 50.7 Å². The Bertz CT molecular complexity index is 937. The molecule has 2 nitrogen and oxygen atoms in total. The predicted molar refractivity (Wildman–Crippen MR) is 129 cm³/mol. The summed E-state index contributed by atoms with van der Waals surface area (Å²) in [6.45, 7) is -3.17. The maximum atomic E-state index is 13.3. The number of alkyl halides is 18. The van der Waals surface area contributed by atoms with E-state index < -0.39 is 73.8 Å². The van der Waals surface area contributed by atoms with Crippen LogP contribution in [0.4, 0.5) is 79.0 Å². The van der Waals surface area contributed by atoms with Crippen molar-refractivity contribution >= 4 is 0 Å². The molecule has 0 fully saturated rings. The van der Waals surface area contributed by atoms with Crippen LogP contribution in [0.25, 0.3) is 0 Å². The maximum Gasteiger partial charge on any atom is 0.435 e. The average Bonchev–Trinajstić information content (AvgIpc) is 2.84. The molecule has 47 heavy (non-hydrogen) atoms. The average molecular weight is 728 g/mol. The van der Waals surface area contributed by atoms with Gasteiger partial charge in [-0.05, 0) is 30.4 Å². The number of rotatable bonds is 16. The molecule has 1 rings (SSSR count). The lowest BCUT2D eigenvalue weighted by atomic mass is 9.96. The molecule has 0 atom stereocenters. The summed E-state index contributed by atoms with van der Waals surface area (Å²) in [4.78, 5) is 0. The third kappa shape index (κ3) is 10.2. The van der Waals surface area contributed by atoms with E-state index in [2.05, 4.69) is 9.47 Å². The van der Waals surface area contributed by atoms with Crippen LogP contribution in [0.1, 0.15) is 63.0 Å². The minimum absolute atomic E-state index is 0.307. The molecule has 20 heteroatoms. The van der Waals surface area contributed by atoms with E-state index >= 15 is 0 Å². The first-order chi connectivity index (χ1) is 21.1. The highest BCUT2D eigenvalue weighted by molar-refractivity contribution is 5.23. The van der Waals surface area contributed by atoms with Crippen LogP contribution in [0, 0.1) is 5.92 Å². The third-order valence-corrected chi connectivity index (χ3v) is 7.08. The molecule has 0 radical (unpaired) electrons. The van der Waals surface area contributed by atoms with Crippen molar-refractivity contribution in [3.63, 3.8) is 0 Å². The molecule has 276 valence electrons. The topological polar surface area (TPSA) is 18.5 Å². The van der Waals surface area contributed by atoms with Gasteiger partial charge < -0.3 is 9.47 Å². The molecular weight excluding hydrogens is 698 g/mol. The first kappa shape index (κ1) is 42.9.